The minimum atomic E-state index is -0.0680. The number of hydrogen-bond donors (Lipinski definition) is 1. The average molecular weight is 360 g/mol. The first kappa shape index (κ1) is 15.9. The van der Waals surface area contributed by atoms with Crippen LogP contribution < -0.4 is 10.9 Å². The van der Waals surface area contributed by atoms with Gasteiger partial charge in [0.1, 0.15) is 4.47 Å². The molecule has 0 radical (unpaired) electrons. The van der Waals surface area contributed by atoms with Crippen LogP contribution in [0.25, 0.3) is 0 Å². The molecule has 0 saturated heterocycles. The predicted octanol–water partition coefficient (Wildman–Crippen LogP) is 3.67. The lowest BCUT2D eigenvalue weighted by Crippen LogP contribution is -2.35. The van der Waals surface area contributed by atoms with E-state index in [0.717, 1.165) is 12.1 Å². The predicted molar refractivity (Wildman–Crippen MR) is 89.8 cm³/mol. The first-order chi connectivity index (χ1) is 9.54. The summed E-state index contributed by atoms with van der Waals surface area (Å²) < 4.78 is 2.09. The fraction of sp³-hybridized carbons (Fsp3) is 0.714. The minimum Gasteiger partial charge on any atom is -0.379 e. The van der Waals surface area contributed by atoms with Crippen LogP contribution in [0.2, 0.25) is 0 Å². The lowest BCUT2D eigenvalue weighted by molar-refractivity contribution is 0.472. The number of nitrogens with one attached hydrogen (secondary N) is 1. The zero-order chi connectivity index (χ0) is 14.7. The van der Waals surface area contributed by atoms with Gasteiger partial charge in [0.25, 0.3) is 5.56 Å². The summed E-state index contributed by atoms with van der Waals surface area (Å²) in [7, 11) is 0. The van der Waals surface area contributed by atoms with Crippen LogP contribution in [0.3, 0.4) is 0 Å². The Balaban J connectivity index is 2.21. The van der Waals surface area contributed by atoms with Crippen molar-refractivity contribution in [3.8, 4) is 0 Å². The number of halogens is 1. The van der Waals surface area contributed by atoms with Crippen molar-refractivity contribution >= 4 is 33.4 Å². The highest BCUT2D eigenvalue weighted by atomic mass is 79.9. The van der Waals surface area contributed by atoms with Crippen molar-refractivity contribution < 1.29 is 0 Å². The Hall–Kier alpha value is -0.490. The van der Waals surface area contributed by atoms with Gasteiger partial charge in [0.05, 0.1) is 17.9 Å². The quantitative estimate of drug-likeness (QED) is 0.890. The van der Waals surface area contributed by atoms with E-state index in [-0.39, 0.29) is 11.6 Å². The van der Waals surface area contributed by atoms with Gasteiger partial charge in [-0.2, -0.15) is 16.9 Å². The van der Waals surface area contributed by atoms with E-state index in [1.807, 2.05) is 25.6 Å². The molecule has 1 fully saturated rings. The van der Waals surface area contributed by atoms with Crippen molar-refractivity contribution in [1.82, 2.24) is 9.78 Å². The molecule has 112 valence electrons. The smallest absolute Gasteiger partial charge is 0.283 e. The van der Waals surface area contributed by atoms with Gasteiger partial charge in [0.15, 0.2) is 0 Å². The normalized spacial score (nSPS) is 23.1. The lowest BCUT2D eigenvalue weighted by atomic mass is 9.95. The molecule has 2 rings (SSSR count). The molecular formula is C14H22BrN3OS. The zero-order valence-corrected chi connectivity index (χ0v) is 14.6. The Morgan fingerprint density at radius 3 is 2.80 bits per heavy atom. The van der Waals surface area contributed by atoms with E-state index in [9.17, 15) is 4.79 Å². The maximum atomic E-state index is 12.2. The van der Waals surface area contributed by atoms with Crippen LogP contribution in [0.4, 0.5) is 5.69 Å². The van der Waals surface area contributed by atoms with Crippen LogP contribution in [-0.4, -0.2) is 27.3 Å². The molecule has 0 spiro atoms. The molecule has 1 aliphatic rings. The molecule has 1 aromatic heterocycles. The summed E-state index contributed by atoms with van der Waals surface area (Å²) in [6.07, 6.45) is 8.88. The van der Waals surface area contributed by atoms with Gasteiger partial charge in [-0.05, 0) is 48.9 Å². The number of rotatable bonds is 4. The second kappa shape index (κ2) is 6.98. The third kappa shape index (κ3) is 3.39. The molecule has 2 unspecified atom stereocenters. The number of hydrogen-bond acceptors (Lipinski definition) is 4. The fourth-order valence-corrected chi connectivity index (χ4v) is 3.99. The Kier molecular flexibility index (Phi) is 5.55. The monoisotopic (exact) mass is 359 g/mol. The molecule has 0 aromatic carbocycles. The molecular weight excluding hydrogens is 338 g/mol. The lowest BCUT2D eigenvalue weighted by Gasteiger charge is -2.31. The molecule has 1 saturated carbocycles. The standard InChI is InChI=1S/C14H22BrN3OS/c1-9(2)18-14(19)13(15)11(8-16-18)17-10-6-4-5-7-12(10)20-3/h8-10,12,17H,4-7H2,1-3H3. The third-order valence-electron chi connectivity index (χ3n) is 3.78. The molecule has 20 heavy (non-hydrogen) atoms. The van der Waals surface area contributed by atoms with Crippen LogP contribution in [-0.2, 0) is 0 Å². The number of nitrogens with zero attached hydrogens (tertiary/aromatic N) is 2. The molecule has 0 bridgehead atoms. The van der Waals surface area contributed by atoms with Crippen LogP contribution >= 0.6 is 27.7 Å². The first-order valence-electron chi connectivity index (χ1n) is 7.11. The second-order valence-electron chi connectivity index (χ2n) is 5.53. The summed E-state index contributed by atoms with van der Waals surface area (Å²) in [5.74, 6) is 0. The molecule has 1 aromatic rings. The maximum Gasteiger partial charge on any atom is 0.283 e. The molecule has 1 aliphatic carbocycles. The topological polar surface area (TPSA) is 46.9 Å². The van der Waals surface area contributed by atoms with Gasteiger partial charge < -0.3 is 5.32 Å². The molecule has 6 heteroatoms. The summed E-state index contributed by atoms with van der Waals surface area (Å²) >= 11 is 5.34. The van der Waals surface area contributed by atoms with E-state index in [1.54, 1.807) is 6.20 Å². The van der Waals surface area contributed by atoms with Crippen molar-refractivity contribution in [3.05, 3.63) is 21.0 Å². The number of aromatic nitrogens is 2. The molecule has 2 atom stereocenters. The minimum absolute atomic E-state index is 0.0680. The van der Waals surface area contributed by atoms with E-state index >= 15 is 0 Å². The largest absolute Gasteiger partial charge is 0.379 e. The van der Waals surface area contributed by atoms with Crippen molar-refractivity contribution in [3.63, 3.8) is 0 Å². The highest BCUT2D eigenvalue weighted by Gasteiger charge is 2.25. The van der Waals surface area contributed by atoms with Crippen LogP contribution in [0.15, 0.2) is 15.5 Å². The van der Waals surface area contributed by atoms with Gasteiger partial charge in [-0.3, -0.25) is 4.79 Å². The van der Waals surface area contributed by atoms with Crippen molar-refractivity contribution in [2.75, 3.05) is 11.6 Å². The van der Waals surface area contributed by atoms with E-state index in [4.69, 9.17) is 0 Å². The van der Waals surface area contributed by atoms with Gasteiger partial charge in [0.2, 0.25) is 0 Å². The SMILES string of the molecule is CSC1CCCCC1Nc1cnn(C(C)C)c(=O)c1Br. The molecule has 1 N–H and O–H groups in total. The Morgan fingerprint density at radius 2 is 2.15 bits per heavy atom. The number of anilines is 1. The van der Waals surface area contributed by atoms with E-state index in [2.05, 4.69) is 32.6 Å². The van der Waals surface area contributed by atoms with Crippen LogP contribution in [0.5, 0.6) is 0 Å². The van der Waals surface area contributed by atoms with Crippen LogP contribution in [0.1, 0.15) is 45.6 Å². The van der Waals surface area contributed by atoms with E-state index in [0.29, 0.717) is 15.8 Å². The Morgan fingerprint density at radius 1 is 1.45 bits per heavy atom. The van der Waals surface area contributed by atoms with Crippen molar-refractivity contribution in [1.29, 1.82) is 0 Å². The highest BCUT2D eigenvalue weighted by Crippen LogP contribution is 2.30. The molecule has 1 heterocycles. The van der Waals surface area contributed by atoms with E-state index in [1.165, 1.54) is 23.9 Å². The highest BCUT2D eigenvalue weighted by molar-refractivity contribution is 9.10. The van der Waals surface area contributed by atoms with E-state index < -0.39 is 0 Å². The zero-order valence-electron chi connectivity index (χ0n) is 12.2. The van der Waals surface area contributed by atoms with Crippen molar-refractivity contribution in [2.45, 2.75) is 56.9 Å². The maximum absolute atomic E-state index is 12.2. The van der Waals surface area contributed by atoms with Crippen LogP contribution in [0, 0.1) is 0 Å². The summed E-state index contributed by atoms with van der Waals surface area (Å²) in [4.78, 5) is 12.2. The first-order valence-corrected chi connectivity index (χ1v) is 9.19. The average Bonchev–Trinajstić information content (AvgIpc) is 2.44. The molecule has 0 amide bonds. The molecule has 0 aliphatic heterocycles. The van der Waals surface area contributed by atoms with Gasteiger partial charge in [-0.1, -0.05) is 12.8 Å². The van der Waals surface area contributed by atoms with Gasteiger partial charge in [-0.25, -0.2) is 4.68 Å². The third-order valence-corrected chi connectivity index (χ3v) is 5.71. The van der Waals surface area contributed by atoms with Gasteiger partial charge >= 0.3 is 0 Å². The summed E-state index contributed by atoms with van der Waals surface area (Å²) in [5, 5.41) is 8.39. The molecule has 4 nitrogen and oxygen atoms in total. The Bertz CT molecular complexity index is 518. The van der Waals surface area contributed by atoms with Gasteiger partial charge in [0, 0.05) is 11.3 Å². The van der Waals surface area contributed by atoms with Gasteiger partial charge in [-0.15, -0.1) is 0 Å². The Labute approximate surface area is 132 Å². The fourth-order valence-electron chi connectivity index (χ4n) is 2.66. The summed E-state index contributed by atoms with van der Waals surface area (Å²) in [6, 6.07) is 0.493. The summed E-state index contributed by atoms with van der Waals surface area (Å²) in [6.45, 7) is 3.91. The number of thioether (sulfide) groups is 1. The second-order valence-corrected chi connectivity index (χ2v) is 7.40. The summed E-state index contributed by atoms with van der Waals surface area (Å²) in [5.41, 5.74) is 0.749. The van der Waals surface area contributed by atoms with Crippen molar-refractivity contribution in [2.24, 2.45) is 0 Å².